The lowest BCUT2D eigenvalue weighted by Gasteiger charge is -2.34. The van der Waals surface area contributed by atoms with Crippen LogP contribution in [0.4, 0.5) is 0 Å². The standard InChI is InChI=1S/C15H29N3O2/c1-4-7-18(8-5-2)15(20)6-9-16-10-12-17(13-11-16)14(3)19/h4-13H2,1-3H3. The predicted molar refractivity (Wildman–Crippen MR) is 80.5 cm³/mol. The van der Waals surface area contributed by atoms with Gasteiger partial charge in [0.05, 0.1) is 0 Å². The zero-order valence-electron chi connectivity index (χ0n) is 13.2. The van der Waals surface area contributed by atoms with Crippen molar-refractivity contribution < 1.29 is 9.59 Å². The second-order valence-electron chi connectivity index (χ2n) is 5.48. The van der Waals surface area contributed by atoms with Crippen LogP contribution in [-0.4, -0.2) is 72.3 Å². The lowest BCUT2D eigenvalue weighted by Crippen LogP contribution is -2.48. The molecule has 5 nitrogen and oxygen atoms in total. The van der Waals surface area contributed by atoms with Crippen LogP contribution in [0.3, 0.4) is 0 Å². The molecule has 1 saturated heterocycles. The molecule has 2 amide bonds. The Balaban J connectivity index is 2.29. The van der Waals surface area contributed by atoms with E-state index < -0.39 is 0 Å². The molecule has 0 bridgehead atoms. The first-order valence-corrected chi connectivity index (χ1v) is 7.84. The summed E-state index contributed by atoms with van der Waals surface area (Å²) >= 11 is 0. The van der Waals surface area contributed by atoms with Crippen LogP contribution < -0.4 is 0 Å². The first kappa shape index (κ1) is 17.0. The maximum Gasteiger partial charge on any atom is 0.223 e. The minimum Gasteiger partial charge on any atom is -0.343 e. The largest absolute Gasteiger partial charge is 0.343 e. The average molecular weight is 283 g/mol. The summed E-state index contributed by atoms with van der Waals surface area (Å²) in [6, 6.07) is 0. The van der Waals surface area contributed by atoms with E-state index in [4.69, 9.17) is 0 Å². The lowest BCUT2D eigenvalue weighted by atomic mass is 10.2. The summed E-state index contributed by atoms with van der Waals surface area (Å²) in [6.45, 7) is 11.7. The minimum absolute atomic E-state index is 0.151. The summed E-state index contributed by atoms with van der Waals surface area (Å²) in [5.74, 6) is 0.417. The molecule has 5 heteroatoms. The molecule has 116 valence electrons. The molecule has 0 atom stereocenters. The lowest BCUT2D eigenvalue weighted by molar-refractivity contribution is -0.133. The van der Waals surface area contributed by atoms with E-state index in [-0.39, 0.29) is 11.8 Å². The van der Waals surface area contributed by atoms with Crippen molar-refractivity contribution in [2.45, 2.75) is 40.0 Å². The Morgan fingerprint density at radius 1 is 1.00 bits per heavy atom. The highest BCUT2D eigenvalue weighted by molar-refractivity contribution is 5.76. The van der Waals surface area contributed by atoms with E-state index in [1.807, 2.05) is 9.80 Å². The quantitative estimate of drug-likeness (QED) is 0.705. The summed E-state index contributed by atoms with van der Waals surface area (Å²) in [4.78, 5) is 29.6. The summed E-state index contributed by atoms with van der Waals surface area (Å²) < 4.78 is 0. The Kier molecular flexibility index (Phi) is 7.59. The van der Waals surface area contributed by atoms with Gasteiger partial charge in [-0.2, -0.15) is 0 Å². The van der Waals surface area contributed by atoms with Crippen molar-refractivity contribution in [1.29, 1.82) is 0 Å². The Labute approximate surface area is 122 Å². The van der Waals surface area contributed by atoms with Gasteiger partial charge in [-0.3, -0.25) is 14.5 Å². The van der Waals surface area contributed by atoms with E-state index in [0.717, 1.165) is 58.7 Å². The molecule has 0 aromatic carbocycles. The van der Waals surface area contributed by atoms with Crippen LogP contribution in [0.1, 0.15) is 40.0 Å². The van der Waals surface area contributed by atoms with Crippen LogP contribution in [0, 0.1) is 0 Å². The van der Waals surface area contributed by atoms with Crippen LogP contribution >= 0.6 is 0 Å². The fourth-order valence-electron chi connectivity index (χ4n) is 2.60. The molecule has 1 rings (SSSR count). The van der Waals surface area contributed by atoms with Crippen molar-refractivity contribution in [3.05, 3.63) is 0 Å². The second kappa shape index (κ2) is 8.95. The summed E-state index contributed by atoms with van der Waals surface area (Å²) in [6.07, 6.45) is 2.63. The van der Waals surface area contributed by atoms with Gasteiger partial charge < -0.3 is 9.80 Å². The van der Waals surface area contributed by atoms with Crippen molar-refractivity contribution in [3.8, 4) is 0 Å². The molecule has 0 aromatic heterocycles. The molecule has 0 unspecified atom stereocenters. The van der Waals surface area contributed by atoms with E-state index in [1.165, 1.54) is 0 Å². The SMILES string of the molecule is CCCN(CCC)C(=O)CCN1CCN(C(C)=O)CC1. The Morgan fingerprint density at radius 2 is 1.55 bits per heavy atom. The van der Waals surface area contributed by atoms with Gasteiger partial charge in [-0.05, 0) is 12.8 Å². The maximum atomic E-state index is 12.2. The monoisotopic (exact) mass is 283 g/mol. The molecule has 1 aliphatic heterocycles. The van der Waals surface area contributed by atoms with Crippen LogP contribution in [0.25, 0.3) is 0 Å². The smallest absolute Gasteiger partial charge is 0.223 e. The molecule has 1 aliphatic rings. The number of carbonyl (C=O) groups is 2. The summed E-state index contributed by atoms with van der Waals surface area (Å²) in [7, 11) is 0. The third-order valence-electron chi connectivity index (χ3n) is 3.80. The van der Waals surface area contributed by atoms with Crippen molar-refractivity contribution in [1.82, 2.24) is 14.7 Å². The van der Waals surface area contributed by atoms with Crippen LogP contribution in [0.5, 0.6) is 0 Å². The third-order valence-corrected chi connectivity index (χ3v) is 3.80. The fourth-order valence-corrected chi connectivity index (χ4v) is 2.60. The Morgan fingerprint density at radius 3 is 2.00 bits per heavy atom. The molecule has 0 saturated carbocycles. The Hall–Kier alpha value is -1.10. The van der Waals surface area contributed by atoms with Crippen molar-refractivity contribution in [2.75, 3.05) is 45.8 Å². The summed E-state index contributed by atoms with van der Waals surface area (Å²) in [5.41, 5.74) is 0. The number of nitrogens with zero attached hydrogens (tertiary/aromatic N) is 3. The van der Waals surface area contributed by atoms with Gasteiger partial charge in [-0.1, -0.05) is 13.8 Å². The topological polar surface area (TPSA) is 43.9 Å². The summed E-state index contributed by atoms with van der Waals surface area (Å²) in [5, 5.41) is 0. The number of hydrogen-bond acceptors (Lipinski definition) is 3. The van der Waals surface area contributed by atoms with E-state index in [0.29, 0.717) is 6.42 Å². The number of carbonyl (C=O) groups excluding carboxylic acids is 2. The Bertz CT molecular complexity index is 306. The van der Waals surface area contributed by atoms with E-state index in [2.05, 4.69) is 18.7 Å². The van der Waals surface area contributed by atoms with Crippen molar-refractivity contribution >= 4 is 11.8 Å². The molecule has 1 heterocycles. The predicted octanol–water partition coefficient (Wildman–Crippen LogP) is 1.19. The highest BCUT2D eigenvalue weighted by Gasteiger charge is 2.20. The van der Waals surface area contributed by atoms with Gasteiger partial charge in [0.25, 0.3) is 0 Å². The number of piperazine rings is 1. The van der Waals surface area contributed by atoms with Crippen molar-refractivity contribution in [3.63, 3.8) is 0 Å². The minimum atomic E-state index is 0.151. The fraction of sp³-hybridized carbons (Fsp3) is 0.867. The number of hydrogen-bond donors (Lipinski definition) is 0. The maximum absolute atomic E-state index is 12.2. The van der Waals surface area contributed by atoms with Gasteiger partial charge >= 0.3 is 0 Å². The molecule has 0 N–H and O–H groups in total. The second-order valence-corrected chi connectivity index (χ2v) is 5.48. The number of amides is 2. The highest BCUT2D eigenvalue weighted by atomic mass is 16.2. The molecule has 0 spiro atoms. The first-order chi connectivity index (χ1) is 9.58. The first-order valence-electron chi connectivity index (χ1n) is 7.84. The third kappa shape index (κ3) is 5.49. The van der Waals surface area contributed by atoms with E-state index >= 15 is 0 Å². The van der Waals surface area contributed by atoms with Gasteiger partial charge in [0.15, 0.2) is 0 Å². The molecular formula is C15H29N3O2. The molecule has 1 fully saturated rings. The van der Waals surface area contributed by atoms with Gasteiger partial charge in [-0.25, -0.2) is 0 Å². The molecular weight excluding hydrogens is 254 g/mol. The van der Waals surface area contributed by atoms with Gasteiger partial charge in [0.2, 0.25) is 11.8 Å². The highest BCUT2D eigenvalue weighted by Crippen LogP contribution is 2.05. The van der Waals surface area contributed by atoms with Crippen molar-refractivity contribution in [2.24, 2.45) is 0 Å². The van der Waals surface area contributed by atoms with Gasteiger partial charge in [-0.15, -0.1) is 0 Å². The molecule has 0 aromatic rings. The van der Waals surface area contributed by atoms with E-state index in [1.54, 1.807) is 6.92 Å². The molecule has 0 radical (unpaired) electrons. The zero-order chi connectivity index (χ0) is 15.0. The van der Waals surface area contributed by atoms with Gasteiger partial charge in [0.1, 0.15) is 0 Å². The zero-order valence-corrected chi connectivity index (χ0v) is 13.2. The van der Waals surface area contributed by atoms with Crippen LogP contribution in [-0.2, 0) is 9.59 Å². The normalized spacial score (nSPS) is 16.2. The molecule has 20 heavy (non-hydrogen) atoms. The number of rotatable bonds is 7. The molecule has 0 aliphatic carbocycles. The van der Waals surface area contributed by atoms with Gasteiger partial charge in [0, 0.05) is 59.2 Å². The van der Waals surface area contributed by atoms with Crippen LogP contribution in [0.15, 0.2) is 0 Å². The van der Waals surface area contributed by atoms with E-state index in [9.17, 15) is 9.59 Å². The average Bonchev–Trinajstić information content (AvgIpc) is 2.45. The van der Waals surface area contributed by atoms with Crippen LogP contribution in [0.2, 0.25) is 0 Å².